The van der Waals surface area contributed by atoms with E-state index in [-0.39, 0.29) is 22.9 Å². The maximum atomic E-state index is 12.8. The largest absolute Gasteiger partial charge is 0.497 e. The summed E-state index contributed by atoms with van der Waals surface area (Å²) in [5, 5.41) is 11.8. The van der Waals surface area contributed by atoms with Crippen molar-refractivity contribution in [2.24, 2.45) is 5.14 Å². The summed E-state index contributed by atoms with van der Waals surface area (Å²) in [6.07, 6.45) is 5.62. The van der Waals surface area contributed by atoms with Gasteiger partial charge in [-0.1, -0.05) is 86.5 Å². The van der Waals surface area contributed by atoms with E-state index in [4.69, 9.17) is 9.88 Å². The van der Waals surface area contributed by atoms with Gasteiger partial charge in [-0.3, -0.25) is 0 Å². The molecule has 5 nitrogen and oxygen atoms in total. The molecule has 3 N–H and O–H groups in total. The molecule has 0 aliphatic heterocycles. The zero-order chi connectivity index (χ0) is 27.4. The van der Waals surface area contributed by atoms with Crippen LogP contribution in [0.2, 0.25) is 0 Å². The van der Waals surface area contributed by atoms with Crippen LogP contribution in [0.4, 0.5) is 0 Å². The number of nitrogens with two attached hydrogens (primary N) is 1. The molecule has 1 aliphatic carbocycles. The van der Waals surface area contributed by atoms with Gasteiger partial charge in [0.05, 0.1) is 12.0 Å². The lowest BCUT2D eigenvalue weighted by Crippen LogP contribution is -2.42. The topological polar surface area (TPSA) is 81.4 Å². The molecule has 0 radical (unpaired) electrons. The molecule has 4 aromatic carbocycles. The quantitative estimate of drug-likeness (QED) is 0.235. The number of benzene rings is 4. The first-order valence-corrected chi connectivity index (χ1v) is 15.4. The van der Waals surface area contributed by atoms with Gasteiger partial charge in [-0.2, -0.15) is 0 Å². The van der Waals surface area contributed by atoms with Crippen LogP contribution in [0.3, 0.4) is 0 Å². The van der Waals surface area contributed by atoms with Crippen LogP contribution in [0.25, 0.3) is 10.8 Å². The van der Waals surface area contributed by atoms with E-state index in [2.05, 4.69) is 60.8 Å². The van der Waals surface area contributed by atoms with Gasteiger partial charge in [-0.25, -0.2) is 13.6 Å². The fourth-order valence-corrected chi connectivity index (χ4v) is 7.01. The van der Waals surface area contributed by atoms with Crippen molar-refractivity contribution in [2.75, 3.05) is 7.11 Å². The summed E-state index contributed by atoms with van der Waals surface area (Å²) in [5.74, 6) is 1.12. The average Bonchev–Trinajstić information content (AvgIpc) is 2.95. The van der Waals surface area contributed by atoms with E-state index in [0.29, 0.717) is 0 Å². The molecule has 0 saturated carbocycles. The molecule has 0 saturated heterocycles. The number of nitrogens with one attached hydrogen (secondary N) is 1. The molecule has 0 bridgehead atoms. The van der Waals surface area contributed by atoms with Gasteiger partial charge in [0, 0.05) is 18.0 Å². The smallest absolute Gasteiger partial charge is 0.238 e. The number of hydrogen-bond donors (Lipinski definition) is 2. The molecule has 3 unspecified atom stereocenters. The maximum absolute atomic E-state index is 12.8. The highest BCUT2D eigenvalue weighted by molar-refractivity contribution is 7.89. The number of unbranched alkanes of at least 4 members (excludes halogenated alkanes) is 1. The van der Waals surface area contributed by atoms with E-state index < -0.39 is 10.0 Å². The Hall–Kier alpha value is -3.19. The highest BCUT2D eigenvalue weighted by Crippen LogP contribution is 2.40. The Labute approximate surface area is 232 Å². The molecule has 0 fully saturated rings. The van der Waals surface area contributed by atoms with E-state index in [9.17, 15) is 8.42 Å². The summed E-state index contributed by atoms with van der Waals surface area (Å²) in [4.78, 5) is 0.218. The number of rotatable bonds is 10. The van der Waals surface area contributed by atoms with Crippen molar-refractivity contribution >= 4 is 20.8 Å². The number of hydrogen-bond acceptors (Lipinski definition) is 4. The third-order valence-electron chi connectivity index (χ3n) is 8.11. The fourth-order valence-electron chi connectivity index (χ4n) is 6.20. The standard InChI is InChI=1S/C33H38N2O3S/c1-3-4-14-31(33-28-13-9-8-12-24(28)16-20-32(33)39(34,36)37)35-30-19-15-25-22-26(38-2)17-18-27(25)29(30)21-23-10-6-5-7-11-23/h5-13,16-18,20,22,29-31,35H,3-4,14-15,19,21H2,1-2H3,(H2,34,36,37). The second-order valence-corrected chi connectivity index (χ2v) is 12.1. The Kier molecular flexibility index (Phi) is 8.36. The molecule has 0 spiro atoms. The second kappa shape index (κ2) is 11.9. The minimum atomic E-state index is -3.91. The van der Waals surface area contributed by atoms with Gasteiger partial charge in [0.1, 0.15) is 5.75 Å². The summed E-state index contributed by atoms with van der Waals surface area (Å²) in [6.45, 7) is 2.17. The highest BCUT2D eigenvalue weighted by Gasteiger charge is 2.33. The van der Waals surface area contributed by atoms with Crippen molar-refractivity contribution in [3.63, 3.8) is 0 Å². The Morgan fingerprint density at radius 1 is 1.00 bits per heavy atom. The zero-order valence-corrected chi connectivity index (χ0v) is 23.6. The van der Waals surface area contributed by atoms with Gasteiger partial charge >= 0.3 is 0 Å². The first-order valence-electron chi connectivity index (χ1n) is 13.9. The van der Waals surface area contributed by atoms with Crippen LogP contribution in [0.5, 0.6) is 5.75 Å². The summed E-state index contributed by atoms with van der Waals surface area (Å²) in [6, 6.07) is 28.6. The number of ether oxygens (including phenoxy) is 1. The van der Waals surface area contributed by atoms with Gasteiger partial charge in [0.15, 0.2) is 0 Å². The van der Waals surface area contributed by atoms with E-state index in [1.807, 2.05) is 30.3 Å². The van der Waals surface area contributed by atoms with Crippen molar-refractivity contribution in [2.45, 2.75) is 68.3 Å². The summed E-state index contributed by atoms with van der Waals surface area (Å²) in [7, 11) is -2.20. The molecular weight excluding hydrogens is 504 g/mol. The van der Waals surface area contributed by atoms with Crippen molar-refractivity contribution in [1.29, 1.82) is 0 Å². The van der Waals surface area contributed by atoms with Gasteiger partial charge in [0.25, 0.3) is 0 Å². The van der Waals surface area contributed by atoms with E-state index >= 15 is 0 Å². The van der Waals surface area contributed by atoms with Gasteiger partial charge in [-0.05, 0) is 76.9 Å². The third-order valence-corrected chi connectivity index (χ3v) is 9.07. The summed E-state index contributed by atoms with van der Waals surface area (Å²) in [5.41, 5.74) is 4.75. The van der Waals surface area contributed by atoms with Crippen molar-refractivity contribution in [1.82, 2.24) is 5.32 Å². The van der Waals surface area contributed by atoms with Gasteiger partial charge in [-0.15, -0.1) is 0 Å². The molecule has 204 valence electrons. The number of methoxy groups -OCH3 is 1. The highest BCUT2D eigenvalue weighted by atomic mass is 32.2. The normalized spacial score (nSPS) is 18.0. The number of primary sulfonamides is 1. The molecule has 3 atom stereocenters. The van der Waals surface area contributed by atoms with Crippen LogP contribution in [-0.4, -0.2) is 21.6 Å². The van der Waals surface area contributed by atoms with Crippen LogP contribution in [0.15, 0.2) is 89.8 Å². The predicted molar refractivity (Wildman–Crippen MR) is 159 cm³/mol. The van der Waals surface area contributed by atoms with Crippen LogP contribution < -0.4 is 15.2 Å². The SMILES string of the molecule is CCCCC(NC1CCc2cc(OC)ccc2C1Cc1ccccc1)c1c(S(N)(=O)=O)ccc2ccccc12. The molecule has 4 aromatic rings. The summed E-state index contributed by atoms with van der Waals surface area (Å²) >= 11 is 0. The van der Waals surface area contributed by atoms with Gasteiger partial charge in [0.2, 0.25) is 10.0 Å². The Bertz CT molecular complexity index is 1540. The molecule has 0 heterocycles. The van der Waals surface area contributed by atoms with Crippen LogP contribution >= 0.6 is 0 Å². The second-order valence-electron chi connectivity index (χ2n) is 10.6. The minimum absolute atomic E-state index is 0.146. The molecule has 0 aromatic heterocycles. The monoisotopic (exact) mass is 542 g/mol. The van der Waals surface area contributed by atoms with Crippen molar-refractivity contribution in [3.8, 4) is 5.75 Å². The molecule has 5 rings (SSSR count). The average molecular weight is 543 g/mol. The fraction of sp³-hybridized carbons (Fsp3) is 0.333. The lowest BCUT2D eigenvalue weighted by molar-refractivity contribution is 0.328. The first-order chi connectivity index (χ1) is 18.9. The van der Waals surface area contributed by atoms with E-state index in [1.165, 1.54) is 16.7 Å². The lowest BCUT2D eigenvalue weighted by Gasteiger charge is -2.38. The molecule has 39 heavy (non-hydrogen) atoms. The molecule has 0 amide bonds. The third kappa shape index (κ3) is 6.03. The van der Waals surface area contributed by atoms with Crippen molar-refractivity contribution < 1.29 is 13.2 Å². The van der Waals surface area contributed by atoms with Crippen LogP contribution in [0, 0.1) is 0 Å². The number of aryl methyl sites for hydroxylation is 1. The number of fused-ring (bicyclic) bond motifs is 2. The lowest BCUT2D eigenvalue weighted by atomic mass is 9.75. The zero-order valence-electron chi connectivity index (χ0n) is 22.8. The Balaban J connectivity index is 1.59. The maximum Gasteiger partial charge on any atom is 0.238 e. The Morgan fingerprint density at radius 2 is 1.77 bits per heavy atom. The first kappa shape index (κ1) is 27.4. The van der Waals surface area contributed by atoms with Gasteiger partial charge < -0.3 is 10.1 Å². The molecule has 6 heteroatoms. The van der Waals surface area contributed by atoms with Crippen LogP contribution in [0.1, 0.15) is 66.8 Å². The minimum Gasteiger partial charge on any atom is -0.497 e. The Morgan fingerprint density at radius 3 is 2.51 bits per heavy atom. The predicted octanol–water partition coefficient (Wildman–Crippen LogP) is 6.66. The molecular formula is C33H38N2O3S. The van der Waals surface area contributed by atoms with Crippen molar-refractivity contribution in [3.05, 3.63) is 107 Å². The van der Waals surface area contributed by atoms with Crippen LogP contribution in [-0.2, 0) is 22.9 Å². The number of sulfonamides is 1. The molecule has 1 aliphatic rings. The van der Waals surface area contributed by atoms with E-state index in [1.54, 1.807) is 13.2 Å². The summed E-state index contributed by atoms with van der Waals surface area (Å²) < 4.78 is 31.2. The van der Waals surface area contributed by atoms with E-state index in [0.717, 1.165) is 60.6 Å².